The lowest BCUT2D eigenvalue weighted by Crippen LogP contribution is -2.65. The van der Waals surface area contributed by atoms with Gasteiger partial charge in [-0.2, -0.15) is 0 Å². The average molecular weight is 610 g/mol. The Kier molecular flexibility index (Phi) is 8.25. The van der Waals surface area contributed by atoms with E-state index in [-0.39, 0.29) is 41.7 Å². The van der Waals surface area contributed by atoms with Crippen LogP contribution in [0.1, 0.15) is 43.9 Å². The number of rotatable bonds is 7. The van der Waals surface area contributed by atoms with E-state index >= 15 is 0 Å². The van der Waals surface area contributed by atoms with Gasteiger partial charge in [-0.15, -0.1) is 0 Å². The molecule has 12 nitrogen and oxygen atoms in total. The molecule has 1 amide bonds. The van der Waals surface area contributed by atoms with Crippen molar-refractivity contribution < 1.29 is 34.8 Å². The number of benzene rings is 1. The molecule has 1 saturated carbocycles. The van der Waals surface area contributed by atoms with Gasteiger partial charge in [-0.05, 0) is 51.2 Å². The van der Waals surface area contributed by atoms with Crippen molar-refractivity contribution in [2.75, 3.05) is 40.1 Å². The molecule has 4 rings (SSSR count). The lowest BCUT2D eigenvalue weighted by atomic mass is 9.57. The molecule has 1 unspecified atom stereocenters. The fraction of sp³-hybridized carbons (Fsp3) is 0.500. The van der Waals surface area contributed by atoms with Crippen LogP contribution in [0.3, 0.4) is 0 Å². The summed E-state index contributed by atoms with van der Waals surface area (Å²) in [7, 11) is 8.61. The van der Waals surface area contributed by atoms with Crippen LogP contribution in [0.5, 0.6) is 5.75 Å². The summed E-state index contributed by atoms with van der Waals surface area (Å²) in [5.41, 5.74) is 3.98. The number of likely N-dealkylation sites (N-methyl/N-ethyl adjacent to an activating group) is 1. The van der Waals surface area contributed by atoms with E-state index in [0.717, 1.165) is 5.70 Å². The lowest BCUT2D eigenvalue weighted by molar-refractivity contribution is -0.153. The number of hydrogen-bond acceptors (Lipinski definition) is 11. The molecule has 3 aliphatic rings. The molecule has 1 fully saturated rings. The van der Waals surface area contributed by atoms with E-state index in [2.05, 4.69) is 11.7 Å². The van der Waals surface area contributed by atoms with Crippen molar-refractivity contribution in [3.8, 4) is 5.75 Å². The van der Waals surface area contributed by atoms with Crippen molar-refractivity contribution in [2.45, 2.75) is 51.8 Å². The summed E-state index contributed by atoms with van der Waals surface area (Å²) in [6.45, 7) is 9.90. The number of nitrogens with two attached hydrogens (primary N) is 1. The van der Waals surface area contributed by atoms with Crippen molar-refractivity contribution in [3.63, 3.8) is 0 Å². The van der Waals surface area contributed by atoms with Gasteiger partial charge in [0, 0.05) is 62.0 Å². The highest BCUT2D eigenvalue weighted by Crippen LogP contribution is 2.54. The zero-order chi connectivity index (χ0) is 33.2. The molecule has 1 aromatic carbocycles. The molecule has 0 spiro atoms. The zero-order valence-electron chi connectivity index (χ0n) is 26.6. The predicted octanol–water partition coefficient (Wildman–Crippen LogP) is 2.05. The van der Waals surface area contributed by atoms with E-state index in [1.807, 2.05) is 64.0 Å². The van der Waals surface area contributed by atoms with Crippen molar-refractivity contribution in [2.24, 2.45) is 28.0 Å². The number of nitrogens with zero attached hydrogens (tertiary/aromatic N) is 4. The van der Waals surface area contributed by atoms with E-state index in [1.165, 1.54) is 4.90 Å². The standard InChI is InChI=1S/C32H43N5O7/c1-31(2,3)20(34-4)14-37(9)13-16-12-19(35(5)6)17-10-15-11-18-24(36(7)8)27(40)23(30(33)43)29(42)32(18,44)28(41)21(15)26(39)22(17)25(16)38/h12,14-15,18,24,38-39,42,44H,4,10-11,13H2,1-3,5-9H3,(H2,33,43)/b20-14-/t15-,18-,24?,32-/m0/s1. The molecule has 238 valence electrons. The highest BCUT2D eigenvalue weighted by molar-refractivity contribution is 6.24. The van der Waals surface area contributed by atoms with Crippen molar-refractivity contribution in [1.29, 1.82) is 0 Å². The number of Topliss-reactive ketones (excluding diaryl/α,β-unsaturated/α-hetero) is 2. The lowest BCUT2D eigenvalue weighted by Gasteiger charge is -2.50. The number of ketones is 2. The molecule has 12 heteroatoms. The third kappa shape index (κ3) is 4.95. The van der Waals surface area contributed by atoms with Gasteiger partial charge in [-0.1, -0.05) is 20.8 Å². The summed E-state index contributed by atoms with van der Waals surface area (Å²) in [5, 5.41) is 46.2. The topological polar surface area (TPSA) is 180 Å². The van der Waals surface area contributed by atoms with Gasteiger partial charge in [-0.3, -0.25) is 24.3 Å². The molecule has 0 aromatic heterocycles. The Morgan fingerprint density at radius 2 is 1.77 bits per heavy atom. The van der Waals surface area contributed by atoms with Gasteiger partial charge in [-0.25, -0.2) is 0 Å². The number of phenolic OH excluding ortho intramolecular Hbond substituents is 1. The number of anilines is 1. The number of aliphatic hydroxyl groups excluding tert-OH is 2. The Balaban J connectivity index is 1.92. The van der Waals surface area contributed by atoms with Crippen molar-refractivity contribution in [3.05, 3.63) is 51.6 Å². The third-order valence-corrected chi connectivity index (χ3v) is 8.96. The summed E-state index contributed by atoms with van der Waals surface area (Å²) in [6, 6.07) is 0.694. The minimum atomic E-state index is -2.69. The minimum absolute atomic E-state index is 0.0266. The largest absolute Gasteiger partial charge is 0.508 e. The molecular weight excluding hydrogens is 566 g/mol. The first kappa shape index (κ1) is 32.7. The van der Waals surface area contributed by atoms with Crippen LogP contribution in [0, 0.1) is 17.3 Å². The summed E-state index contributed by atoms with van der Waals surface area (Å²) in [5.74, 6) is -6.75. The number of primary amides is 1. The van der Waals surface area contributed by atoms with E-state index in [9.17, 15) is 34.8 Å². The van der Waals surface area contributed by atoms with Crippen LogP contribution in [0.4, 0.5) is 5.69 Å². The van der Waals surface area contributed by atoms with Gasteiger partial charge in [0.1, 0.15) is 22.8 Å². The van der Waals surface area contributed by atoms with Crippen LogP contribution >= 0.6 is 0 Å². The summed E-state index contributed by atoms with van der Waals surface area (Å²) < 4.78 is 0. The second kappa shape index (κ2) is 11.1. The Morgan fingerprint density at radius 1 is 1.16 bits per heavy atom. The fourth-order valence-corrected chi connectivity index (χ4v) is 6.86. The number of aliphatic hydroxyl groups is 3. The number of aromatic hydroxyl groups is 1. The predicted molar refractivity (Wildman–Crippen MR) is 167 cm³/mol. The molecule has 0 radical (unpaired) electrons. The molecule has 0 heterocycles. The molecule has 0 saturated heterocycles. The second-order valence-electron chi connectivity index (χ2n) is 13.5. The molecule has 3 aliphatic carbocycles. The number of fused-ring (bicyclic) bond motifs is 3. The number of carbonyl (C=O) groups is 3. The first-order chi connectivity index (χ1) is 20.3. The highest BCUT2D eigenvalue weighted by Gasteiger charge is 2.64. The maximum absolute atomic E-state index is 14.2. The van der Waals surface area contributed by atoms with Crippen LogP contribution in [0.2, 0.25) is 0 Å². The molecule has 0 aliphatic heterocycles. The molecular formula is C32H43N5O7. The Labute approximate surface area is 257 Å². The molecule has 6 N–H and O–H groups in total. The Morgan fingerprint density at radius 3 is 2.27 bits per heavy atom. The smallest absolute Gasteiger partial charge is 0.255 e. The number of hydrogen-bond donors (Lipinski definition) is 5. The summed E-state index contributed by atoms with van der Waals surface area (Å²) in [4.78, 5) is 49.0. The maximum atomic E-state index is 14.2. The molecule has 1 aromatic rings. The quantitative estimate of drug-likeness (QED) is 0.227. The fourth-order valence-electron chi connectivity index (χ4n) is 6.86. The average Bonchev–Trinajstić information content (AvgIpc) is 2.89. The normalized spacial score (nSPS) is 25.5. The minimum Gasteiger partial charge on any atom is -0.508 e. The first-order valence-corrected chi connectivity index (χ1v) is 14.4. The highest BCUT2D eigenvalue weighted by atomic mass is 16.3. The Bertz CT molecular complexity index is 1550. The first-order valence-electron chi connectivity index (χ1n) is 14.4. The van der Waals surface area contributed by atoms with Gasteiger partial charge in [0.2, 0.25) is 5.78 Å². The van der Waals surface area contributed by atoms with Crippen LogP contribution in [0.25, 0.3) is 5.76 Å². The summed E-state index contributed by atoms with van der Waals surface area (Å²) in [6.07, 6.45) is 2.06. The summed E-state index contributed by atoms with van der Waals surface area (Å²) >= 11 is 0. The number of aliphatic imine (C=N–C) groups is 1. The Hall–Kier alpha value is -4.16. The SMILES string of the molecule is C=N/C(=C\N(C)Cc1cc(N(C)C)c2c(c1O)C(O)=C1C(=O)[C@]3(O)C(O)=C(C(N)=O)C(=O)C(N(C)C)[C@@H]3C[C@@H]1C2)C(C)(C)C. The van der Waals surface area contributed by atoms with Gasteiger partial charge in [0.25, 0.3) is 5.91 Å². The van der Waals surface area contributed by atoms with E-state index in [0.29, 0.717) is 16.8 Å². The van der Waals surface area contributed by atoms with Crippen LogP contribution in [0.15, 0.2) is 39.9 Å². The third-order valence-electron chi connectivity index (χ3n) is 8.96. The number of amides is 1. The van der Waals surface area contributed by atoms with E-state index in [1.54, 1.807) is 14.1 Å². The second-order valence-corrected chi connectivity index (χ2v) is 13.5. The molecule has 4 atom stereocenters. The van der Waals surface area contributed by atoms with Gasteiger partial charge < -0.3 is 36.0 Å². The van der Waals surface area contributed by atoms with Crippen LogP contribution < -0.4 is 10.6 Å². The van der Waals surface area contributed by atoms with Crippen LogP contribution in [-0.4, -0.2) is 101 Å². The van der Waals surface area contributed by atoms with Crippen molar-refractivity contribution in [1.82, 2.24) is 9.80 Å². The van der Waals surface area contributed by atoms with E-state index in [4.69, 9.17) is 5.73 Å². The molecule has 44 heavy (non-hydrogen) atoms. The van der Waals surface area contributed by atoms with E-state index < -0.39 is 58.0 Å². The maximum Gasteiger partial charge on any atom is 0.255 e. The number of phenols is 1. The van der Waals surface area contributed by atoms with Gasteiger partial charge in [0.05, 0.1) is 17.3 Å². The monoisotopic (exact) mass is 609 g/mol. The van der Waals surface area contributed by atoms with Gasteiger partial charge in [0.15, 0.2) is 11.4 Å². The molecule has 0 bridgehead atoms. The number of carbonyl (C=O) groups excluding carboxylic acids is 3. The number of allylic oxidation sites excluding steroid dienone is 1. The zero-order valence-corrected chi connectivity index (χ0v) is 26.6. The van der Waals surface area contributed by atoms with Crippen LogP contribution in [-0.2, 0) is 27.3 Å². The van der Waals surface area contributed by atoms with Gasteiger partial charge >= 0.3 is 0 Å². The van der Waals surface area contributed by atoms with Crippen molar-refractivity contribution >= 4 is 35.6 Å².